The maximum Gasteiger partial charge on any atom is 0.335 e. The summed E-state index contributed by atoms with van der Waals surface area (Å²) in [6.45, 7) is 3.87. The van der Waals surface area contributed by atoms with Crippen LogP contribution in [0.5, 0.6) is 5.75 Å². The topological polar surface area (TPSA) is 440 Å². The number of carboxylic acid groups (broad SMARTS) is 2. The van der Waals surface area contributed by atoms with Crippen molar-refractivity contribution in [2.75, 3.05) is 30.3 Å². The van der Waals surface area contributed by atoms with Crippen molar-refractivity contribution in [2.45, 2.75) is 127 Å². The first kappa shape index (κ1) is 55.2. The lowest BCUT2D eigenvalue weighted by Crippen LogP contribution is -2.62. The number of hydrogen-bond acceptors (Lipinski definition) is 17. The third-order valence-corrected chi connectivity index (χ3v) is 11.4. The minimum atomic E-state index is -2.54. The van der Waals surface area contributed by atoms with E-state index >= 15 is 0 Å². The lowest BCUT2D eigenvalue weighted by molar-refractivity contribution is -0.173. The second kappa shape index (κ2) is 24.7. The van der Waals surface area contributed by atoms with Gasteiger partial charge in [-0.25, -0.2) is 9.86 Å². The molecule has 70 heavy (non-hydrogen) atoms. The zero-order valence-corrected chi connectivity index (χ0v) is 38.4. The molecule has 28 heteroatoms. The molecule has 8 amide bonds. The Morgan fingerprint density at radius 1 is 0.814 bits per heavy atom. The number of hydroxylamine groups is 2. The fourth-order valence-electron chi connectivity index (χ4n) is 7.46. The van der Waals surface area contributed by atoms with Gasteiger partial charge < -0.3 is 78.4 Å². The molecule has 4 rings (SSSR count). The number of aromatic nitrogens is 1. The summed E-state index contributed by atoms with van der Waals surface area (Å²) in [5.41, 5.74) is 6.01. The number of unbranched alkanes of at least 4 members (excludes halogenated alkanes) is 1. The van der Waals surface area contributed by atoms with Crippen LogP contribution in [0.4, 0.5) is 11.5 Å². The highest BCUT2D eigenvalue weighted by atomic mass is 16.5. The van der Waals surface area contributed by atoms with Gasteiger partial charge in [0, 0.05) is 37.7 Å². The smallest absolute Gasteiger partial charge is 0.335 e. The fraction of sp³-hybridized carbons (Fsp3) is 0.548. The van der Waals surface area contributed by atoms with Crippen LogP contribution >= 0.6 is 0 Å². The van der Waals surface area contributed by atoms with Gasteiger partial charge in [0.15, 0.2) is 11.9 Å². The summed E-state index contributed by atoms with van der Waals surface area (Å²) in [6.07, 6.45) is -3.70. The van der Waals surface area contributed by atoms with Crippen molar-refractivity contribution in [3.05, 3.63) is 28.4 Å². The summed E-state index contributed by atoms with van der Waals surface area (Å²) < 4.78 is 1.49. The second-order valence-corrected chi connectivity index (χ2v) is 16.8. The molecule has 16 N–H and O–H groups in total. The van der Waals surface area contributed by atoms with Crippen LogP contribution in [0.25, 0.3) is 11.3 Å². The van der Waals surface area contributed by atoms with Crippen molar-refractivity contribution in [3.63, 3.8) is 0 Å². The van der Waals surface area contributed by atoms with Crippen LogP contribution in [-0.2, 0) is 47.9 Å². The standard InChI is InChI=1S/C42H59N11O17/c1-18(35(61)49-23-8-6-14-52(70)41(23)67)46-39(65)31(20(3)54)50-36(62)19(2)47-40(66)32(33(60)42(68)69)51-37(63)22(43)7-4-5-12-45-38(64)25-11-13-44-34-24(48-29(57)9-10-30(58)59)15-21-16-27(55)28(56)17-26(21)53(25)34/h15-20,22-23,25,31-33,44,54-55,60,70H,4-14,43H2,1-3H3,(H,45,64)(H,46,65)(H,47,66)(H,48,57)(H,49,61)(H,50,62)(H,51,63)(H,58,59)(H,68,69). The Morgan fingerprint density at radius 3 is 2.10 bits per heavy atom. The zero-order chi connectivity index (χ0) is 52.1. The number of carboxylic acids is 2. The highest BCUT2D eigenvalue weighted by Crippen LogP contribution is 2.39. The molecule has 0 aromatic rings. The minimum Gasteiger partial charge on any atom is -0.504 e. The predicted octanol–water partition coefficient (Wildman–Crippen LogP) is -4.27. The number of aliphatic carboxylic acids is 2. The molecule has 28 nitrogen and oxygen atoms in total. The molecule has 0 aromatic heterocycles. The number of nitrogens with one attached hydrogen (secondary N) is 8. The Hall–Kier alpha value is -7.43. The van der Waals surface area contributed by atoms with Gasteiger partial charge in [0.25, 0.3) is 5.91 Å². The number of aromatic hydroxyl groups is 1. The fourth-order valence-corrected chi connectivity index (χ4v) is 7.46. The number of aliphatic hydroxyl groups is 2. The Labute approximate surface area is 398 Å². The molecule has 9 unspecified atom stereocenters. The highest BCUT2D eigenvalue weighted by Gasteiger charge is 2.38. The summed E-state index contributed by atoms with van der Waals surface area (Å²) in [6, 6.07) is -6.39. The van der Waals surface area contributed by atoms with Gasteiger partial charge in [-0.1, -0.05) is 0 Å². The first-order valence-electron chi connectivity index (χ1n) is 22.2. The number of hydrogen-bond donors (Lipinski definition) is 15. The van der Waals surface area contributed by atoms with Crippen LogP contribution < -0.4 is 53.7 Å². The highest BCUT2D eigenvalue weighted by molar-refractivity contribution is 5.99. The number of rotatable bonds is 23. The predicted molar refractivity (Wildman–Crippen MR) is 241 cm³/mol. The van der Waals surface area contributed by atoms with Gasteiger partial charge in [0.2, 0.25) is 46.8 Å². The number of amides is 8. The minimum absolute atomic E-state index is 0.0474. The van der Waals surface area contributed by atoms with E-state index in [0.717, 1.165) is 19.9 Å². The number of aliphatic hydroxyl groups excluding tert-OH is 2. The number of nitrogens with zero attached hydrogens (tertiary/aromatic N) is 2. The van der Waals surface area contributed by atoms with Crippen molar-refractivity contribution in [3.8, 4) is 17.0 Å². The number of phenols is 1. The summed E-state index contributed by atoms with van der Waals surface area (Å²) >= 11 is 0. The average Bonchev–Trinajstić information content (AvgIpc) is 3.30. The zero-order valence-electron chi connectivity index (χ0n) is 38.4. The van der Waals surface area contributed by atoms with Crippen molar-refractivity contribution >= 4 is 70.7 Å². The van der Waals surface area contributed by atoms with E-state index in [2.05, 4.69) is 42.5 Å². The SMILES string of the molecule is CC(NC(=O)C(NC(=O)C(C)NC(=O)C(NC(=O)C(N)CCCCNC(=O)C1CCNc2c(NC(=O)CCC(=O)O)cc3cc(O)c(=O)cc-3n21)C(O)C(=O)O)C(C)O)C(=O)NC1CCCN(O)C1=O. The number of anilines is 2. The molecular formula is C42H59N11O17. The van der Waals surface area contributed by atoms with E-state index in [4.69, 9.17) is 10.8 Å². The molecule has 1 saturated heterocycles. The maximum absolute atomic E-state index is 13.6. The molecular weight excluding hydrogens is 931 g/mol. The Kier molecular flexibility index (Phi) is 19.5. The Balaban J connectivity index is 1.31. The number of benzene rings is 1. The van der Waals surface area contributed by atoms with E-state index in [1.807, 2.05) is 0 Å². The first-order valence-corrected chi connectivity index (χ1v) is 22.2. The summed E-state index contributed by atoms with van der Waals surface area (Å²) in [4.78, 5) is 139. The molecule has 384 valence electrons. The van der Waals surface area contributed by atoms with Crippen molar-refractivity contribution in [1.29, 1.82) is 0 Å². The van der Waals surface area contributed by atoms with E-state index in [0.29, 0.717) is 11.5 Å². The molecule has 0 saturated carbocycles. The Bertz CT molecular complexity index is 2360. The van der Waals surface area contributed by atoms with Crippen LogP contribution in [-0.4, -0.2) is 168 Å². The van der Waals surface area contributed by atoms with E-state index in [9.17, 15) is 78.4 Å². The lowest BCUT2D eigenvalue weighted by atomic mass is 10.0. The van der Waals surface area contributed by atoms with Crippen LogP contribution in [0.15, 0.2) is 23.0 Å². The number of phenolic OH excluding ortho intramolecular Hbond substituents is 1. The van der Waals surface area contributed by atoms with E-state index in [1.165, 1.54) is 23.6 Å². The van der Waals surface area contributed by atoms with Gasteiger partial charge >= 0.3 is 11.9 Å². The maximum atomic E-state index is 13.6. The number of nitrogens with two attached hydrogens (primary N) is 1. The molecule has 0 aromatic carbocycles. The number of piperidine rings is 1. The van der Waals surface area contributed by atoms with Gasteiger partial charge in [0.1, 0.15) is 42.1 Å². The Morgan fingerprint density at radius 2 is 1.46 bits per heavy atom. The molecule has 9 atom stereocenters. The van der Waals surface area contributed by atoms with E-state index in [1.54, 1.807) is 0 Å². The number of fused-ring (bicyclic) bond motifs is 3. The third-order valence-electron chi connectivity index (χ3n) is 11.4. The largest absolute Gasteiger partial charge is 0.504 e. The summed E-state index contributed by atoms with van der Waals surface area (Å²) in [5, 5.41) is 78.9. The van der Waals surface area contributed by atoms with Gasteiger partial charge in [-0.2, -0.15) is 0 Å². The first-order chi connectivity index (χ1) is 32.9. The number of pyridine rings is 1. The molecule has 3 heterocycles. The molecule has 0 radical (unpaired) electrons. The molecule has 1 fully saturated rings. The molecule has 3 aliphatic heterocycles. The monoisotopic (exact) mass is 989 g/mol. The van der Waals surface area contributed by atoms with Gasteiger partial charge in [-0.15, -0.1) is 0 Å². The van der Waals surface area contributed by atoms with Crippen LogP contribution in [0.3, 0.4) is 0 Å². The van der Waals surface area contributed by atoms with Gasteiger partial charge in [0.05, 0.1) is 29.9 Å². The van der Waals surface area contributed by atoms with Gasteiger partial charge in [-0.05, 0) is 71.4 Å². The molecule has 0 spiro atoms. The quantitative estimate of drug-likeness (QED) is 0.0370. The van der Waals surface area contributed by atoms with E-state index in [-0.39, 0.29) is 80.9 Å². The van der Waals surface area contributed by atoms with Crippen LogP contribution in [0, 0.1) is 0 Å². The molecule has 4 aliphatic rings. The molecule has 1 aliphatic carbocycles. The number of carbonyl (C=O) groups excluding carboxylic acids is 8. The number of carbonyl (C=O) groups is 10. The summed E-state index contributed by atoms with van der Waals surface area (Å²) in [5.74, 6) is -10.7. The average molecular weight is 990 g/mol. The van der Waals surface area contributed by atoms with Gasteiger partial charge in [-0.3, -0.25) is 53.2 Å². The van der Waals surface area contributed by atoms with Crippen LogP contribution in [0.2, 0.25) is 0 Å². The third kappa shape index (κ3) is 14.5. The van der Waals surface area contributed by atoms with Crippen molar-refractivity contribution in [2.24, 2.45) is 5.73 Å². The lowest BCUT2D eigenvalue weighted by Gasteiger charge is -2.34. The van der Waals surface area contributed by atoms with Crippen LogP contribution in [0.1, 0.15) is 78.2 Å². The van der Waals surface area contributed by atoms with Crippen molar-refractivity contribution < 1.29 is 78.7 Å². The van der Waals surface area contributed by atoms with E-state index < -0.39 is 131 Å². The molecule has 0 bridgehead atoms. The van der Waals surface area contributed by atoms with Crippen molar-refractivity contribution in [1.82, 2.24) is 41.5 Å². The summed E-state index contributed by atoms with van der Waals surface area (Å²) in [7, 11) is 0. The second-order valence-electron chi connectivity index (χ2n) is 16.8. The normalized spacial score (nSPS) is 18.4.